The highest BCUT2D eigenvalue weighted by Gasteiger charge is 2.09. The van der Waals surface area contributed by atoms with Crippen LogP contribution in [0.25, 0.3) is 11.1 Å². The number of benzene rings is 2. The Morgan fingerprint density at radius 3 is 2.90 bits per heavy atom. The minimum absolute atomic E-state index is 0.135. The van der Waals surface area contributed by atoms with E-state index in [0.717, 1.165) is 5.56 Å². The topological polar surface area (TPSA) is 75.4 Å². The average molecular weight is 286 g/mol. The monoisotopic (exact) mass is 286 g/mol. The van der Waals surface area contributed by atoms with E-state index in [0.29, 0.717) is 17.6 Å². The molecule has 21 heavy (non-hydrogen) atoms. The fourth-order valence-electron chi connectivity index (χ4n) is 1.96. The maximum Gasteiger partial charge on any atom is 0.335 e. The number of aromatic nitrogens is 1. The van der Waals surface area contributed by atoms with Crippen LogP contribution in [-0.2, 0) is 6.54 Å². The smallest absolute Gasteiger partial charge is 0.335 e. The summed E-state index contributed by atoms with van der Waals surface area (Å²) in [6.45, 7) is 0.358. The first-order valence-corrected chi connectivity index (χ1v) is 6.24. The van der Waals surface area contributed by atoms with Crippen molar-refractivity contribution in [3.05, 3.63) is 59.4 Å². The van der Waals surface area contributed by atoms with Crippen LogP contribution in [0.2, 0.25) is 0 Å². The molecule has 0 radical (unpaired) electrons. The number of hydrogen-bond acceptors (Lipinski definition) is 4. The Hall–Kier alpha value is -2.89. The van der Waals surface area contributed by atoms with Gasteiger partial charge in [-0.25, -0.2) is 9.18 Å². The summed E-state index contributed by atoms with van der Waals surface area (Å²) < 4.78 is 18.5. The Morgan fingerprint density at radius 2 is 2.14 bits per heavy atom. The van der Waals surface area contributed by atoms with Gasteiger partial charge in [-0.05, 0) is 35.9 Å². The van der Waals surface area contributed by atoms with Crippen molar-refractivity contribution in [3.8, 4) is 0 Å². The van der Waals surface area contributed by atoms with Crippen LogP contribution < -0.4 is 5.32 Å². The van der Waals surface area contributed by atoms with Crippen LogP contribution in [0, 0.1) is 5.82 Å². The quantitative estimate of drug-likeness (QED) is 0.769. The largest absolute Gasteiger partial charge is 0.478 e. The summed E-state index contributed by atoms with van der Waals surface area (Å²) in [5, 5.41) is 11.9. The third-order valence-electron chi connectivity index (χ3n) is 2.97. The molecule has 0 spiro atoms. The molecule has 0 bridgehead atoms. The summed E-state index contributed by atoms with van der Waals surface area (Å²) >= 11 is 0. The standard InChI is InChI=1S/C15H11FN2O3/c16-11-3-1-2-9(6-11)8-17-15-18-12-5-4-10(14(19)20)7-13(12)21-15/h1-7H,8H2,(H,17,18)(H,19,20). The van der Waals surface area contributed by atoms with Crippen molar-refractivity contribution in [3.63, 3.8) is 0 Å². The van der Waals surface area contributed by atoms with Crippen LogP contribution in [0.15, 0.2) is 46.9 Å². The van der Waals surface area contributed by atoms with Gasteiger partial charge < -0.3 is 14.8 Å². The zero-order valence-corrected chi connectivity index (χ0v) is 10.8. The van der Waals surface area contributed by atoms with Gasteiger partial charge in [0.25, 0.3) is 6.01 Å². The van der Waals surface area contributed by atoms with Crippen LogP contribution in [0.4, 0.5) is 10.4 Å². The van der Waals surface area contributed by atoms with E-state index in [1.165, 1.54) is 24.3 Å². The van der Waals surface area contributed by atoms with Crippen molar-refractivity contribution in [1.82, 2.24) is 4.98 Å². The maximum atomic E-state index is 13.1. The number of nitrogens with zero attached hydrogens (tertiary/aromatic N) is 1. The van der Waals surface area contributed by atoms with E-state index in [4.69, 9.17) is 9.52 Å². The van der Waals surface area contributed by atoms with Gasteiger partial charge >= 0.3 is 5.97 Å². The molecule has 2 aromatic carbocycles. The molecule has 0 aliphatic heterocycles. The molecule has 0 saturated heterocycles. The zero-order chi connectivity index (χ0) is 14.8. The number of carboxylic acid groups (broad SMARTS) is 1. The first-order valence-electron chi connectivity index (χ1n) is 6.24. The molecule has 0 unspecified atom stereocenters. The molecule has 3 rings (SSSR count). The molecule has 0 aliphatic rings. The van der Waals surface area contributed by atoms with Gasteiger partial charge in [-0.3, -0.25) is 0 Å². The molecular formula is C15H11FN2O3. The van der Waals surface area contributed by atoms with E-state index < -0.39 is 5.97 Å². The van der Waals surface area contributed by atoms with Crippen molar-refractivity contribution >= 4 is 23.1 Å². The van der Waals surface area contributed by atoms with E-state index in [1.807, 2.05) is 0 Å². The van der Waals surface area contributed by atoms with E-state index in [9.17, 15) is 9.18 Å². The highest BCUT2D eigenvalue weighted by molar-refractivity contribution is 5.92. The molecule has 106 valence electrons. The second kappa shape index (κ2) is 5.24. The molecule has 0 atom stereocenters. The Morgan fingerprint density at radius 1 is 1.29 bits per heavy atom. The van der Waals surface area contributed by atoms with E-state index in [2.05, 4.69) is 10.3 Å². The lowest BCUT2D eigenvalue weighted by Crippen LogP contribution is -1.99. The lowest BCUT2D eigenvalue weighted by molar-refractivity contribution is 0.0697. The number of fused-ring (bicyclic) bond motifs is 1. The molecule has 0 aliphatic carbocycles. The first-order chi connectivity index (χ1) is 10.1. The Balaban J connectivity index is 1.80. The number of aromatic carboxylic acids is 1. The zero-order valence-electron chi connectivity index (χ0n) is 10.8. The third-order valence-corrected chi connectivity index (χ3v) is 2.97. The number of carbonyl (C=O) groups is 1. The van der Waals surface area contributed by atoms with Crippen molar-refractivity contribution in [2.45, 2.75) is 6.54 Å². The summed E-state index contributed by atoms with van der Waals surface area (Å²) in [5.74, 6) is -1.33. The summed E-state index contributed by atoms with van der Waals surface area (Å²) in [6, 6.07) is 10.9. The van der Waals surface area contributed by atoms with E-state index in [-0.39, 0.29) is 17.4 Å². The molecule has 6 heteroatoms. The highest BCUT2D eigenvalue weighted by Crippen LogP contribution is 2.20. The average Bonchev–Trinajstić information content (AvgIpc) is 2.87. The molecule has 0 saturated carbocycles. The Labute approximate surface area is 119 Å². The van der Waals surface area contributed by atoms with Gasteiger partial charge in [-0.15, -0.1) is 0 Å². The minimum Gasteiger partial charge on any atom is -0.478 e. The summed E-state index contributed by atoms with van der Waals surface area (Å²) in [4.78, 5) is 15.1. The molecule has 0 fully saturated rings. The van der Waals surface area contributed by atoms with Crippen molar-refractivity contribution in [1.29, 1.82) is 0 Å². The number of nitrogens with one attached hydrogen (secondary N) is 1. The van der Waals surface area contributed by atoms with Gasteiger partial charge in [0.05, 0.1) is 5.56 Å². The molecule has 3 aromatic rings. The number of carboxylic acids is 1. The van der Waals surface area contributed by atoms with Crippen LogP contribution in [0.3, 0.4) is 0 Å². The Bertz CT molecular complexity index is 814. The predicted molar refractivity (Wildman–Crippen MR) is 74.7 cm³/mol. The normalized spacial score (nSPS) is 10.7. The van der Waals surface area contributed by atoms with Gasteiger partial charge in [-0.2, -0.15) is 4.98 Å². The van der Waals surface area contributed by atoms with Crippen LogP contribution in [-0.4, -0.2) is 16.1 Å². The summed E-state index contributed by atoms with van der Waals surface area (Å²) in [5.41, 5.74) is 1.83. The lowest BCUT2D eigenvalue weighted by atomic mass is 10.2. The summed E-state index contributed by atoms with van der Waals surface area (Å²) in [6.07, 6.45) is 0. The molecule has 1 aromatic heterocycles. The van der Waals surface area contributed by atoms with Crippen molar-refractivity contribution in [2.75, 3.05) is 5.32 Å². The van der Waals surface area contributed by atoms with Crippen LogP contribution in [0.1, 0.15) is 15.9 Å². The fraction of sp³-hybridized carbons (Fsp3) is 0.0667. The van der Waals surface area contributed by atoms with Crippen LogP contribution >= 0.6 is 0 Å². The molecule has 0 amide bonds. The van der Waals surface area contributed by atoms with Gasteiger partial charge in [-0.1, -0.05) is 12.1 Å². The Kier molecular flexibility index (Phi) is 3.27. The maximum absolute atomic E-state index is 13.1. The second-order valence-electron chi connectivity index (χ2n) is 4.49. The van der Waals surface area contributed by atoms with Crippen molar-refractivity contribution < 1.29 is 18.7 Å². The van der Waals surface area contributed by atoms with Gasteiger partial charge in [0.2, 0.25) is 0 Å². The second-order valence-corrected chi connectivity index (χ2v) is 4.49. The predicted octanol–water partition coefficient (Wildman–Crippen LogP) is 3.28. The lowest BCUT2D eigenvalue weighted by Gasteiger charge is -2.01. The number of hydrogen-bond donors (Lipinski definition) is 2. The van der Waals surface area contributed by atoms with Crippen molar-refractivity contribution in [2.24, 2.45) is 0 Å². The number of rotatable bonds is 4. The SMILES string of the molecule is O=C(O)c1ccc2nc(NCc3cccc(F)c3)oc2c1. The minimum atomic E-state index is -1.03. The van der Waals surface area contributed by atoms with Gasteiger partial charge in [0.1, 0.15) is 11.3 Å². The highest BCUT2D eigenvalue weighted by atomic mass is 19.1. The molecule has 5 nitrogen and oxygen atoms in total. The first kappa shape index (κ1) is 13.1. The number of anilines is 1. The molecule has 2 N–H and O–H groups in total. The molecular weight excluding hydrogens is 275 g/mol. The van der Waals surface area contributed by atoms with Gasteiger partial charge in [0, 0.05) is 6.54 Å². The fourth-order valence-corrected chi connectivity index (χ4v) is 1.96. The van der Waals surface area contributed by atoms with E-state index in [1.54, 1.807) is 18.2 Å². The van der Waals surface area contributed by atoms with E-state index >= 15 is 0 Å². The number of oxazole rings is 1. The summed E-state index contributed by atoms with van der Waals surface area (Å²) in [7, 11) is 0. The third kappa shape index (κ3) is 2.84. The molecule has 1 heterocycles. The van der Waals surface area contributed by atoms with Crippen LogP contribution in [0.5, 0.6) is 0 Å². The number of halogens is 1. The van der Waals surface area contributed by atoms with Gasteiger partial charge in [0.15, 0.2) is 5.58 Å².